The van der Waals surface area contributed by atoms with Crippen LogP contribution in [0.15, 0.2) is 0 Å². The molecule has 5 aliphatic carbocycles. The van der Waals surface area contributed by atoms with Crippen LogP contribution in [0.1, 0.15) is 106 Å². The van der Waals surface area contributed by atoms with Gasteiger partial charge in [0.05, 0.1) is 30.0 Å². The Labute approximate surface area is 206 Å². The first-order chi connectivity index (χ1) is 15.6. The highest BCUT2D eigenvalue weighted by Crippen LogP contribution is 2.88. The summed E-state index contributed by atoms with van der Waals surface area (Å²) < 4.78 is 0. The van der Waals surface area contributed by atoms with Gasteiger partial charge in [-0.3, -0.25) is 0 Å². The van der Waals surface area contributed by atoms with Crippen LogP contribution in [0.4, 0.5) is 0 Å². The van der Waals surface area contributed by atoms with E-state index in [0.717, 1.165) is 44.9 Å². The average molecular weight is 479 g/mol. The van der Waals surface area contributed by atoms with Crippen molar-refractivity contribution in [1.29, 1.82) is 0 Å². The summed E-state index contributed by atoms with van der Waals surface area (Å²) in [6, 6.07) is 0. The van der Waals surface area contributed by atoms with Crippen LogP contribution in [0.2, 0.25) is 0 Å². The lowest BCUT2D eigenvalue weighted by Crippen LogP contribution is -2.61. The van der Waals surface area contributed by atoms with Crippen LogP contribution >= 0.6 is 0 Å². The van der Waals surface area contributed by atoms with Crippen LogP contribution in [-0.4, -0.2) is 55.5 Å². The van der Waals surface area contributed by atoms with E-state index in [2.05, 4.69) is 27.7 Å². The summed E-state index contributed by atoms with van der Waals surface area (Å²) >= 11 is 0. The van der Waals surface area contributed by atoms with Gasteiger partial charge >= 0.3 is 0 Å². The van der Waals surface area contributed by atoms with E-state index in [4.69, 9.17) is 0 Å². The van der Waals surface area contributed by atoms with Gasteiger partial charge in [0, 0.05) is 0 Å². The molecule has 11 atom stereocenters. The van der Waals surface area contributed by atoms with Crippen LogP contribution in [-0.2, 0) is 0 Å². The van der Waals surface area contributed by atoms with E-state index in [1.807, 2.05) is 0 Å². The molecule has 0 bridgehead atoms. The molecule has 5 aliphatic rings. The van der Waals surface area contributed by atoms with Gasteiger partial charge < -0.3 is 25.5 Å². The molecule has 196 valence electrons. The molecule has 5 nitrogen and oxygen atoms in total. The maximum atomic E-state index is 11.6. The highest BCUT2D eigenvalue weighted by molar-refractivity contribution is 5.32. The Kier molecular flexibility index (Phi) is 5.56. The summed E-state index contributed by atoms with van der Waals surface area (Å²) in [4.78, 5) is 0. The van der Waals surface area contributed by atoms with Crippen molar-refractivity contribution < 1.29 is 25.5 Å². The van der Waals surface area contributed by atoms with Crippen LogP contribution < -0.4 is 0 Å². The van der Waals surface area contributed by atoms with Gasteiger partial charge in [-0.05, 0) is 116 Å². The minimum atomic E-state index is -1.10. The fourth-order valence-electron chi connectivity index (χ4n) is 11.0. The molecule has 5 rings (SSSR count). The first-order valence-corrected chi connectivity index (χ1v) is 14.0. The quantitative estimate of drug-likeness (QED) is 0.411. The number of aliphatic hydroxyl groups is 5. The topological polar surface area (TPSA) is 101 Å². The zero-order valence-corrected chi connectivity index (χ0v) is 22.3. The van der Waals surface area contributed by atoms with Gasteiger partial charge in [-0.1, -0.05) is 34.1 Å². The molecule has 34 heavy (non-hydrogen) atoms. The van der Waals surface area contributed by atoms with E-state index in [-0.39, 0.29) is 57.2 Å². The van der Waals surface area contributed by atoms with Gasteiger partial charge in [0.2, 0.25) is 0 Å². The van der Waals surface area contributed by atoms with Gasteiger partial charge in [0.15, 0.2) is 0 Å². The van der Waals surface area contributed by atoms with E-state index in [1.54, 1.807) is 13.8 Å². The van der Waals surface area contributed by atoms with Gasteiger partial charge in [-0.2, -0.15) is 0 Å². The van der Waals surface area contributed by atoms with Gasteiger partial charge in [0.1, 0.15) is 0 Å². The van der Waals surface area contributed by atoms with Crippen molar-refractivity contribution in [1.82, 2.24) is 0 Å². The molecule has 5 N–H and O–H groups in total. The fourth-order valence-corrected chi connectivity index (χ4v) is 11.0. The summed E-state index contributed by atoms with van der Waals surface area (Å²) in [5.41, 5.74) is -0.939. The van der Waals surface area contributed by atoms with Gasteiger partial charge in [-0.25, -0.2) is 0 Å². The third kappa shape index (κ3) is 3.03. The van der Waals surface area contributed by atoms with Crippen molar-refractivity contribution in [3.8, 4) is 0 Å². The summed E-state index contributed by atoms with van der Waals surface area (Å²) in [6.45, 7) is 12.5. The Balaban J connectivity index is 1.40. The van der Waals surface area contributed by atoms with Crippen LogP contribution in [0.3, 0.4) is 0 Å². The second-order valence-electron chi connectivity index (χ2n) is 15.0. The number of fused-ring (bicyclic) bond motifs is 2. The fraction of sp³-hybridized carbons (Fsp3) is 1.00. The second-order valence-corrected chi connectivity index (χ2v) is 15.0. The van der Waals surface area contributed by atoms with Gasteiger partial charge in [0.25, 0.3) is 0 Å². The summed E-state index contributed by atoms with van der Waals surface area (Å²) in [6.07, 6.45) is 7.34. The molecule has 0 heterocycles. The standard InChI is InChI=1S/C29H50O5/c1-24(2)21(32)10-11-29-16-28(29)13-12-26(5)17(8-7-9-22(33)25(3,4)34)19(31)15-27(26,6)20(28)14-18(30)23(24)29/h17-23,30-34H,7-16H2,1-6H3/t17-,18-,19-,20?,21-,22-,23?,26+,27-,28-,29+/m0/s1. The van der Waals surface area contributed by atoms with Crippen molar-refractivity contribution >= 4 is 0 Å². The maximum absolute atomic E-state index is 11.6. The SMILES string of the molecule is CC(C)(O)[C@@H](O)CCC[C@H]1[C@@H](O)C[C@@]2(C)C3C[C@H](O)C4C(C)(C)[C@@H](O)CC[C@@]45C[C@@]35CC[C@]12C. The van der Waals surface area contributed by atoms with Gasteiger partial charge in [-0.15, -0.1) is 0 Å². The Bertz CT molecular complexity index is 820. The Hall–Kier alpha value is -0.200. The molecule has 5 saturated carbocycles. The van der Waals surface area contributed by atoms with Crippen LogP contribution in [0.5, 0.6) is 0 Å². The monoisotopic (exact) mass is 478 g/mol. The zero-order valence-electron chi connectivity index (χ0n) is 22.3. The molecule has 0 aromatic carbocycles. The van der Waals surface area contributed by atoms with E-state index < -0.39 is 11.7 Å². The predicted octanol–water partition coefficient (Wildman–Crippen LogP) is 4.03. The largest absolute Gasteiger partial charge is 0.393 e. The Morgan fingerprint density at radius 1 is 0.912 bits per heavy atom. The van der Waals surface area contributed by atoms with E-state index >= 15 is 0 Å². The van der Waals surface area contributed by atoms with E-state index in [1.165, 1.54) is 12.8 Å². The first kappa shape index (κ1) is 25.4. The second kappa shape index (κ2) is 7.43. The number of rotatable bonds is 5. The highest BCUT2D eigenvalue weighted by atomic mass is 16.3. The molecular weight excluding hydrogens is 428 g/mol. The molecule has 2 unspecified atom stereocenters. The van der Waals surface area contributed by atoms with Crippen molar-refractivity contribution in [2.24, 2.45) is 44.8 Å². The zero-order chi connectivity index (χ0) is 25.1. The smallest absolute Gasteiger partial charge is 0.0849 e. The Morgan fingerprint density at radius 3 is 2.24 bits per heavy atom. The van der Waals surface area contributed by atoms with Crippen molar-refractivity contribution in [3.05, 3.63) is 0 Å². The molecule has 5 heteroatoms. The number of hydrogen-bond acceptors (Lipinski definition) is 5. The minimum absolute atomic E-state index is 0.0140. The lowest BCUT2D eigenvalue weighted by Gasteiger charge is -2.64. The average Bonchev–Trinajstić information content (AvgIpc) is 3.32. The lowest BCUT2D eigenvalue weighted by molar-refractivity contribution is -0.197. The molecule has 0 amide bonds. The maximum Gasteiger partial charge on any atom is 0.0849 e. The first-order valence-electron chi connectivity index (χ1n) is 14.0. The summed E-state index contributed by atoms with van der Waals surface area (Å²) in [5, 5.41) is 54.2. The van der Waals surface area contributed by atoms with E-state index in [9.17, 15) is 25.5 Å². The predicted molar refractivity (Wildman–Crippen MR) is 132 cm³/mol. The molecule has 0 radical (unpaired) electrons. The molecule has 0 aromatic heterocycles. The highest BCUT2D eigenvalue weighted by Gasteiger charge is 2.84. The summed E-state index contributed by atoms with van der Waals surface area (Å²) in [5.74, 6) is 0.772. The molecular formula is C29H50O5. The third-order valence-corrected chi connectivity index (χ3v) is 13.0. The van der Waals surface area contributed by atoms with Crippen LogP contribution in [0.25, 0.3) is 0 Å². The minimum Gasteiger partial charge on any atom is -0.393 e. The molecule has 5 fully saturated rings. The molecule has 2 spiro atoms. The van der Waals surface area contributed by atoms with E-state index in [0.29, 0.717) is 12.3 Å². The number of aliphatic hydroxyl groups excluding tert-OH is 4. The van der Waals surface area contributed by atoms with Crippen molar-refractivity contribution in [2.75, 3.05) is 0 Å². The number of hydrogen-bond donors (Lipinski definition) is 5. The van der Waals surface area contributed by atoms with Crippen molar-refractivity contribution in [3.63, 3.8) is 0 Å². The molecule has 0 aromatic rings. The lowest BCUT2D eigenvalue weighted by atomic mass is 9.41. The Morgan fingerprint density at radius 2 is 1.59 bits per heavy atom. The normalized spacial score (nSPS) is 54.4. The van der Waals surface area contributed by atoms with Crippen LogP contribution in [0, 0.1) is 44.8 Å². The third-order valence-electron chi connectivity index (χ3n) is 13.0. The van der Waals surface area contributed by atoms with Crippen molar-refractivity contribution in [2.45, 2.75) is 136 Å². The molecule has 0 aliphatic heterocycles. The summed E-state index contributed by atoms with van der Waals surface area (Å²) in [7, 11) is 0. The molecule has 0 saturated heterocycles.